The van der Waals surface area contributed by atoms with Gasteiger partial charge in [-0.15, -0.1) is 0 Å². The van der Waals surface area contributed by atoms with Crippen LogP contribution in [0.4, 0.5) is 4.79 Å². The smallest absolute Gasteiger partial charge is 0.429 e. The van der Waals surface area contributed by atoms with Crippen molar-refractivity contribution in [3.63, 3.8) is 0 Å². The average molecular weight is 502 g/mol. The third kappa shape index (κ3) is 6.38. The van der Waals surface area contributed by atoms with Crippen molar-refractivity contribution in [2.75, 3.05) is 6.54 Å². The fourth-order valence-electron chi connectivity index (χ4n) is 5.03. The summed E-state index contributed by atoms with van der Waals surface area (Å²) >= 11 is 0. The molecule has 4 atom stereocenters. The minimum absolute atomic E-state index is 0.0307. The summed E-state index contributed by atoms with van der Waals surface area (Å²) in [4.78, 5) is 40.2. The quantitative estimate of drug-likeness (QED) is 0.628. The van der Waals surface area contributed by atoms with Crippen LogP contribution >= 0.6 is 0 Å². The lowest BCUT2D eigenvalue weighted by Crippen LogP contribution is -2.58. The molecule has 1 saturated heterocycles. The Bertz CT molecular complexity index is 961. The van der Waals surface area contributed by atoms with Gasteiger partial charge in [0.1, 0.15) is 11.6 Å². The number of carbonyl (C=O) groups excluding carboxylic acids is 3. The number of benzene rings is 1. The minimum atomic E-state index is -0.851. The van der Waals surface area contributed by atoms with Crippen LogP contribution in [0.1, 0.15) is 90.6 Å². The maximum Gasteiger partial charge on any atom is 0.429 e. The van der Waals surface area contributed by atoms with E-state index < -0.39 is 35.8 Å². The molecule has 2 fully saturated rings. The third-order valence-electron chi connectivity index (χ3n) is 6.81. The predicted molar refractivity (Wildman–Crippen MR) is 138 cm³/mol. The Morgan fingerprint density at radius 1 is 1.06 bits per heavy atom. The molecule has 200 valence electrons. The molecule has 8 heteroatoms. The highest BCUT2D eigenvalue weighted by Gasteiger charge is 2.53. The Hall–Kier alpha value is -2.61. The number of rotatable bonds is 5. The Morgan fingerprint density at radius 3 is 2.19 bits per heavy atom. The number of carbonyl (C=O) groups is 3. The van der Waals surface area contributed by atoms with Crippen molar-refractivity contribution in [2.45, 2.75) is 104 Å². The van der Waals surface area contributed by atoms with Gasteiger partial charge >= 0.3 is 6.09 Å². The average Bonchev–Trinajstić information content (AvgIpc) is 3.30. The van der Waals surface area contributed by atoms with Crippen LogP contribution < -0.4 is 5.32 Å². The first-order valence-corrected chi connectivity index (χ1v) is 13.0. The van der Waals surface area contributed by atoms with Crippen LogP contribution in [0.3, 0.4) is 0 Å². The zero-order valence-electron chi connectivity index (χ0n) is 23.0. The van der Waals surface area contributed by atoms with Gasteiger partial charge in [0, 0.05) is 11.5 Å². The lowest BCUT2D eigenvalue weighted by Gasteiger charge is -2.36. The summed E-state index contributed by atoms with van der Waals surface area (Å²) in [6.45, 7) is 15.9. The van der Waals surface area contributed by atoms with E-state index in [1.165, 1.54) is 10.0 Å². The monoisotopic (exact) mass is 501 g/mol. The molecule has 0 bridgehead atoms. The van der Waals surface area contributed by atoms with Gasteiger partial charge in [-0.2, -0.15) is 0 Å². The number of fused-ring (bicyclic) bond motifs is 1. The molecule has 0 unspecified atom stereocenters. The molecule has 1 heterocycles. The molecule has 3 rings (SSSR count). The molecule has 0 spiro atoms. The van der Waals surface area contributed by atoms with Crippen LogP contribution in [-0.4, -0.2) is 63.4 Å². The maximum atomic E-state index is 14.0. The summed E-state index contributed by atoms with van der Waals surface area (Å²) in [6, 6.07) is 6.04. The summed E-state index contributed by atoms with van der Waals surface area (Å²) in [5.41, 5.74) is 0.811. The van der Waals surface area contributed by atoms with Crippen molar-refractivity contribution in [1.82, 2.24) is 15.3 Å². The van der Waals surface area contributed by atoms with E-state index in [1.54, 1.807) is 32.9 Å². The van der Waals surface area contributed by atoms with Crippen molar-refractivity contribution in [2.24, 2.45) is 11.8 Å². The zero-order valence-corrected chi connectivity index (χ0v) is 23.0. The molecule has 36 heavy (non-hydrogen) atoms. The fourth-order valence-corrected chi connectivity index (χ4v) is 5.03. The van der Waals surface area contributed by atoms with Crippen LogP contribution in [0.5, 0.6) is 0 Å². The Morgan fingerprint density at radius 2 is 1.67 bits per heavy atom. The van der Waals surface area contributed by atoms with Gasteiger partial charge < -0.3 is 15.2 Å². The van der Waals surface area contributed by atoms with Crippen LogP contribution in [0, 0.1) is 11.8 Å². The molecule has 1 aliphatic carbocycles. The van der Waals surface area contributed by atoms with Crippen molar-refractivity contribution in [3.05, 3.63) is 35.4 Å². The van der Waals surface area contributed by atoms with E-state index in [9.17, 15) is 19.5 Å². The van der Waals surface area contributed by atoms with Crippen molar-refractivity contribution < 1.29 is 24.2 Å². The number of ether oxygens (including phenoxy) is 1. The molecule has 8 nitrogen and oxygen atoms in total. The van der Waals surface area contributed by atoms with Gasteiger partial charge in [0.25, 0.3) is 11.8 Å². The first-order valence-electron chi connectivity index (χ1n) is 13.0. The number of aliphatic hydroxyl groups excluding tert-OH is 1. The topological polar surface area (TPSA) is 99.2 Å². The number of aliphatic hydroxyl groups is 1. The van der Waals surface area contributed by atoms with Gasteiger partial charge in [-0.25, -0.2) is 14.8 Å². The maximum absolute atomic E-state index is 14.0. The van der Waals surface area contributed by atoms with Gasteiger partial charge in [-0.05, 0) is 69.1 Å². The van der Waals surface area contributed by atoms with Crippen LogP contribution in [0.25, 0.3) is 0 Å². The lowest BCUT2D eigenvalue weighted by molar-refractivity contribution is -0.152. The molecule has 1 aromatic rings. The number of hydrogen-bond donors (Lipinski definition) is 2. The predicted octanol–water partition coefficient (Wildman–Crippen LogP) is 4.26. The SMILES string of the molecule is CC(C)C[C@H](NC(=O)c1ccc(C(C)(C)C)cc1)C(=O)N1[C@H]2[C@H](CC[C@@H]2O)CN1C(=O)OC(C)(C)C. The molecule has 2 N–H and O–H groups in total. The third-order valence-corrected chi connectivity index (χ3v) is 6.81. The van der Waals surface area contributed by atoms with Gasteiger partial charge in [0.15, 0.2) is 0 Å². The highest BCUT2D eigenvalue weighted by molar-refractivity contribution is 5.98. The summed E-state index contributed by atoms with van der Waals surface area (Å²) in [7, 11) is 0. The van der Waals surface area contributed by atoms with Crippen LogP contribution in [0.2, 0.25) is 0 Å². The van der Waals surface area contributed by atoms with Gasteiger partial charge in [0.05, 0.1) is 18.7 Å². The van der Waals surface area contributed by atoms with Gasteiger partial charge in [-0.3, -0.25) is 9.59 Å². The normalized spacial score (nSPS) is 23.0. The summed E-state index contributed by atoms with van der Waals surface area (Å²) in [6.07, 6.45) is 0.340. The number of nitrogens with one attached hydrogen (secondary N) is 1. The summed E-state index contributed by atoms with van der Waals surface area (Å²) in [5, 5.41) is 16.3. The van der Waals surface area contributed by atoms with E-state index in [-0.39, 0.29) is 23.2 Å². The lowest BCUT2D eigenvalue weighted by atomic mass is 9.86. The van der Waals surface area contributed by atoms with E-state index in [4.69, 9.17) is 4.74 Å². The molecule has 1 saturated carbocycles. The largest absolute Gasteiger partial charge is 0.442 e. The molecule has 1 aromatic carbocycles. The Balaban J connectivity index is 1.86. The zero-order chi connectivity index (χ0) is 27.0. The van der Waals surface area contributed by atoms with E-state index in [0.29, 0.717) is 24.9 Å². The Kier molecular flexibility index (Phi) is 8.08. The Labute approximate surface area is 215 Å². The van der Waals surface area contributed by atoms with E-state index in [1.807, 2.05) is 26.0 Å². The molecule has 3 amide bonds. The molecule has 0 radical (unpaired) electrons. The van der Waals surface area contributed by atoms with E-state index in [0.717, 1.165) is 12.0 Å². The first-order chi connectivity index (χ1) is 16.6. The molecule has 0 aromatic heterocycles. The highest BCUT2D eigenvalue weighted by atomic mass is 16.6. The molecule has 1 aliphatic heterocycles. The number of amides is 3. The highest BCUT2D eigenvalue weighted by Crippen LogP contribution is 2.39. The van der Waals surface area contributed by atoms with E-state index in [2.05, 4.69) is 26.1 Å². The molecular formula is C28H43N3O5. The standard InChI is InChI=1S/C28H43N3O5/c1-17(2)15-21(29-24(33)18-9-12-20(13-10-18)27(3,4)5)25(34)31-23-19(11-14-22(23)32)16-30(31)26(35)36-28(6,7)8/h9-10,12-13,17,19,21-23,32H,11,14-16H2,1-8H3,(H,29,33)/t19-,21+,22+,23+/m1/s1. The second-order valence-corrected chi connectivity index (χ2v) is 12.6. The molecular weight excluding hydrogens is 458 g/mol. The van der Waals surface area contributed by atoms with Crippen molar-refractivity contribution in [1.29, 1.82) is 0 Å². The number of hydrogen-bond acceptors (Lipinski definition) is 5. The van der Waals surface area contributed by atoms with Crippen LogP contribution in [0.15, 0.2) is 24.3 Å². The summed E-state index contributed by atoms with van der Waals surface area (Å²) in [5.74, 6) is -0.662. The van der Waals surface area contributed by atoms with E-state index >= 15 is 0 Å². The minimum Gasteiger partial charge on any atom is -0.442 e. The number of hydrazine groups is 1. The second kappa shape index (κ2) is 10.4. The fraction of sp³-hybridized carbons (Fsp3) is 0.679. The van der Waals surface area contributed by atoms with Gasteiger partial charge in [-0.1, -0.05) is 46.8 Å². The second-order valence-electron chi connectivity index (χ2n) is 12.6. The van der Waals surface area contributed by atoms with Crippen molar-refractivity contribution in [3.8, 4) is 0 Å². The first kappa shape index (κ1) is 28.0. The molecule has 2 aliphatic rings. The number of nitrogens with zero attached hydrogens (tertiary/aromatic N) is 2. The summed E-state index contributed by atoms with van der Waals surface area (Å²) < 4.78 is 5.58. The van der Waals surface area contributed by atoms with Crippen molar-refractivity contribution >= 4 is 17.9 Å². The van der Waals surface area contributed by atoms with Crippen LogP contribution in [-0.2, 0) is 14.9 Å². The van der Waals surface area contributed by atoms with Gasteiger partial charge in [0.2, 0.25) is 0 Å².